The largest absolute Gasteiger partial charge is 0.376 e. The van der Waals surface area contributed by atoms with Crippen LogP contribution in [0.2, 0.25) is 0 Å². The Morgan fingerprint density at radius 3 is 2.57 bits per heavy atom. The number of hydrogen-bond donors (Lipinski definition) is 1. The van der Waals surface area contributed by atoms with E-state index in [4.69, 9.17) is 10.5 Å². The highest BCUT2D eigenvalue weighted by atomic mass is 16.5. The minimum Gasteiger partial charge on any atom is -0.376 e. The molecule has 0 aromatic rings. The normalized spacial score (nSPS) is 39.4. The lowest BCUT2D eigenvalue weighted by molar-refractivity contribution is -0.0879. The minimum atomic E-state index is 0.341. The predicted octanol–water partition coefficient (Wildman–Crippen LogP) is 3.42. The van der Waals surface area contributed by atoms with E-state index in [-0.39, 0.29) is 0 Å². The average molecular weight is 296 g/mol. The molecule has 0 aromatic carbocycles. The third kappa shape index (κ3) is 3.80. The van der Waals surface area contributed by atoms with Gasteiger partial charge in [0.05, 0.1) is 12.7 Å². The number of rotatable bonds is 4. The molecule has 2 N–H and O–H groups in total. The second kappa shape index (κ2) is 6.97. The van der Waals surface area contributed by atoms with E-state index < -0.39 is 0 Å². The van der Waals surface area contributed by atoms with E-state index in [1.54, 1.807) is 0 Å². The molecule has 0 bridgehead atoms. The fourth-order valence-electron chi connectivity index (χ4n) is 4.18. The molecule has 0 aromatic heterocycles. The summed E-state index contributed by atoms with van der Waals surface area (Å²) in [6.45, 7) is 13.6. The second-order valence-corrected chi connectivity index (χ2v) is 7.99. The number of nitrogens with zero attached hydrogens (tertiary/aromatic N) is 1. The highest BCUT2D eigenvalue weighted by molar-refractivity contribution is 4.96. The second-order valence-electron chi connectivity index (χ2n) is 7.99. The lowest BCUT2D eigenvalue weighted by Gasteiger charge is -2.50. The van der Waals surface area contributed by atoms with Gasteiger partial charge in [-0.1, -0.05) is 34.1 Å². The van der Waals surface area contributed by atoms with Gasteiger partial charge in [0, 0.05) is 24.7 Å². The molecule has 0 radical (unpaired) electrons. The smallest absolute Gasteiger partial charge is 0.0674 e. The molecular formula is C18H36N2O. The molecule has 2 aliphatic rings. The predicted molar refractivity (Wildman–Crippen MR) is 89.4 cm³/mol. The third-order valence-electron chi connectivity index (χ3n) is 6.29. The molecule has 0 spiro atoms. The molecule has 5 atom stereocenters. The Balaban J connectivity index is 2.11. The van der Waals surface area contributed by atoms with Crippen LogP contribution in [0.1, 0.15) is 66.7 Å². The number of morpholine rings is 1. The molecule has 124 valence electrons. The van der Waals surface area contributed by atoms with Crippen LogP contribution in [0, 0.1) is 11.3 Å². The van der Waals surface area contributed by atoms with Gasteiger partial charge in [0.1, 0.15) is 0 Å². The first-order chi connectivity index (χ1) is 9.89. The van der Waals surface area contributed by atoms with E-state index in [9.17, 15) is 0 Å². The van der Waals surface area contributed by atoms with Crippen molar-refractivity contribution in [3.63, 3.8) is 0 Å². The lowest BCUT2D eigenvalue weighted by Crippen LogP contribution is -2.60. The van der Waals surface area contributed by atoms with Crippen molar-refractivity contribution in [1.82, 2.24) is 4.90 Å². The Morgan fingerprint density at radius 2 is 1.95 bits per heavy atom. The summed E-state index contributed by atoms with van der Waals surface area (Å²) >= 11 is 0. The van der Waals surface area contributed by atoms with Gasteiger partial charge in [-0.3, -0.25) is 4.90 Å². The first-order valence-corrected chi connectivity index (χ1v) is 9.02. The molecule has 0 amide bonds. The Morgan fingerprint density at radius 1 is 1.24 bits per heavy atom. The van der Waals surface area contributed by atoms with Crippen molar-refractivity contribution in [2.24, 2.45) is 17.1 Å². The van der Waals surface area contributed by atoms with Gasteiger partial charge in [-0.25, -0.2) is 0 Å². The van der Waals surface area contributed by atoms with Crippen LogP contribution < -0.4 is 5.73 Å². The van der Waals surface area contributed by atoms with Crippen LogP contribution in [0.5, 0.6) is 0 Å². The molecule has 1 saturated heterocycles. The van der Waals surface area contributed by atoms with Crippen LogP contribution in [-0.2, 0) is 4.74 Å². The number of hydrogen-bond acceptors (Lipinski definition) is 3. The van der Waals surface area contributed by atoms with Crippen molar-refractivity contribution in [2.45, 2.75) is 91.0 Å². The highest BCUT2D eigenvalue weighted by Crippen LogP contribution is 2.42. The topological polar surface area (TPSA) is 38.5 Å². The molecule has 3 heteroatoms. The highest BCUT2D eigenvalue weighted by Gasteiger charge is 2.41. The van der Waals surface area contributed by atoms with Crippen molar-refractivity contribution in [2.75, 3.05) is 13.2 Å². The zero-order valence-corrected chi connectivity index (χ0v) is 14.8. The molecule has 3 nitrogen and oxygen atoms in total. The average Bonchev–Trinajstić information content (AvgIpc) is 2.47. The zero-order chi connectivity index (χ0) is 15.6. The van der Waals surface area contributed by atoms with E-state index in [1.807, 2.05) is 0 Å². The van der Waals surface area contributed by atoms with Gasteiger partial charge in [0.15, 0.2) is 0 Å². The van der Waals surface area contributed by atoms with Crippen molar-refractivity contribution in [1.29, 1.82) is 0 Å². The molecule has 1 aliphatic carbocycles. The van der Waals surface area contributed by atoms with E-state index >= 15 is 0 Å². The van der Waals surface area contributed by atoms with E-state index in [0.717, 1.165) is 25.5 Å². The summed E-state index contributed by atoms with van der Waals surface area (Å²) in [6, 6.07) is 1.44. The van der Waals surface area contributed by atoms with Crippen molar-refractivity contribution >= 4 is 0 Å². The molecule has 1 heterocycles. The maximum atomic E-state index is 6.54. The van der Waals surface area contributed by atoms with Gasteiger partial charge < -0.3 is 10.5 Å². The maximum Gasteiger partial charge on any atom is 0.0674 e. The number of nitrogens with two attached hydrogens (primary N) is 1. The molecule has 21 heavy (non-hydrogen) atoms. The van der Waals surface area contributed by atoms with Gasteiger partial charge in [0.25, 0.3) is 0 Å². The van der Waals surface area contributed by atoms with E-state index in [1.165, 1.54) is 25.7 Å². The molecule has 5 unspecified atom stereocenters. The van der Waals surface area contributed by atoms with Gasteiger partial charge in [-0.2, -0.15) is 0 Å². The van der Waals surface area contributed by atoms with Crippen LogP contribution in [0.25, 0.3) is 0 Å². The van der Waals surface area contributed by atoms with Crippen molar-refractivity contribution in [3.8, 4) is 0 Å². The third-order valence-corrected chi connectivity index (χ3v) is 6.29. The van der Waals surface area contributed by atoms with E-state index in [0.29, 0.717) is 29.6 Å². The summed E-state index contributed by atoms with van der Waals surface area (Å²) in [6.07, 6.45) is 6.52. The van der Waals surface area contributed by atoms with Crippen LogP contribution in [-0.4, -0.2) is 42.3 Å². The van der Waals surface area contributed by atoms with Crippen molar-refractivity contribution in [3.05, 3.63) is 0 Å². The molecule has 1 aliphatic heterocycles. The maximum absolute atomic E-state index is 6.54. The Bertz CT molecular complexity index is 331. The SMILES string of the molecule is CCC1COC(C)CN1C1CC(C(C)(C)CC)CCC1N. The molecule has 2 fully saturated rings. The fraction of sp³-hybridized carbons (Fsp3) is 1.00. The minimum absolute atomic E-state index is 0.341. The standard InChI is InChI=1S/C18H36N2O/c1-6-15-12-21-13(3)11-20(15)17-10-14(8-9-16(17)19)18(4,5)7-2/h13-17H,6-12,19H2,1-5H3. The van der Waals surface area contributed by atoms with Crippen LogP contribution >= 0.6 is 0 Å². The summed E-state index contributed by atoms with van der Waals surface area (Å²) in [5, 5.41) is 0. The summed E-state index contributed by atoms with van der Waals surface area (Å²) in [7, 11) is 0. The Hall–Kier alpha value is -0.120. The summed E-state index contributed by atoms with van der Waals surface area (Å²) in [4.78, 5) is 2.69. The first kappa shape index (κ1) is 17.2. The zero-order valence-electron chi connectivity index (χ0n) is 14.8. The lowest BCUT2D eigenvalue weighted by atomic mass is 9.67. The molecular weight excluding hydrogens is 260 g/mol. The van der Waals surface area contributed by atoms with Crippen molar-refractivity contribution < 1.29 is 4.74 Å². The Kier molecular flexibility index (Phi) is 5.72. The first-order valence-electron chi connectivity index (χ1n) is 9.02. The monoisotopic (exact) mass is 296 g/mol. The van der Waals surface area contributed by atoms with Gasteiger partial charge in [-0.15, -0.1) is 0 Å². The van der Waals surface area contributed by atoms with Gasteiger partial charge in [-0.05, 0) is 43.9 Å². The summed E-state index contributed by atoms with van der Waals surface area (Å²) in [5.74, 6) is 0.808. The van der Waals surface area contributed by atoms with Gasteiger partial charge >= 0.3 is 0 Å². The summed E-state index contributed by atoms with van der Waals surface area (Å²) < 4.78 is 5.87. The summed E-state index contributed by atoms with van der Waals surface area (Å²) in [5.41, 5.74) is 6.98. The molecule has 2 rings (SSSR count). The quantitative estimate of drug-likeness (QED) is 0.864. The van der Waals surface area contributed by atoms with Gasteiger partial charge in [0.2, 0.25) is 0 Å². The molecule has 1 saturated carbocycles. The van der Waals surface area contributed by atoms with Crippen LogP contribution in [0.15, 0.2) is 0 Å². The Labute approximate surface area is 131 Å². The van der Waals surface area contributed by atoms with Crippen LogP contribution in [0.3, 0.4) is 0 Å². The fourth-order valence-corrected chi connectivity index (χ4v) is 4.18. The van der Waals surface area contributed by atoms with Crippen LogP contribution in [0.4, 0.5) is 0 Å². The van der Waals surface area contributed by atoms with E-state index in [2.05, 4.69) is 39.5 Å². The number of ether oxygens (including phenoxy) is 1.